The van der Waals surface area contributed by atoms with Crippen molar-refractivity contribution >= 4 is 0 Å². The fourth-order valence-electron chi connectivity index (χ4n) is 2.25. The lowest BCUT2D eigenvalue weighted by atomic mass is 9.90. The number of benzene rings is 1. The Morgan fingerprint density at radius 2 is 2.16 bits per heavy atom. The van der Waals surface area contributed by atoms with Gasteiger partial charge in [-0.1, -0.05) is 12.1 Å². The van der Waals surface area contributed by atoms with Crippen molar-refractivity contribution in [3.63, 3.8) is 0 Å². The summed E-state index contributed by atoms with van der Waals surface area (Å²) >= 11 is 0. The monoisotopic (exact) mass is 276 g/mol. The minimum Gasteiger partial charge on any atom is -0.406 e. The molecule has 1 aromatic carbocycles. The molecule has 0 aliphatic carbocycles. The molecule has 19 heavy (non-hydrogen) atoms. The topological polar surface area (TPSA) is 38.7 Å². The molecule has 6 heteroatoms. The molecule has 2 rings (SSSR count). The molecule has 0 spiro atoms. The van der Waals surface area contributed by atoms with Crippen LogP contribution in [0.4, 0.5) is 13.2 Å². The molecule has 2 unspecified atom stereocenters. The van der Waals surface area contributed by atoms with Crippen LogP contribution in [0.1, 0.15) is 31.4 Å². The summed E-state index contributed by atoms with van der Waals surface area (Å²) in [6.45, 7) is 2.30. The molecule has 1 fully saturated rings. The first-order chi connectivity index (χ1) is 8.80. The van der Waals surface area contributed by atoms with Crippen LogP contribution in [0.3, 0.4) is 0 Å². The van der Waals surface area contributed by atoms with Crippen LogP contribution in [-0.2, 0) is 4.74 Å². The molecular weight excluding hydrogens is 261 g/mol. The van der Waals surface area contributed by atoms with Crippen LogP contribution < -0.4 is 4.74 Å². The molecule has 2 atom stereocenters. The number of hydrogen-bond acceptors (Lipinski definition) is 3. The second-order valence-corrected chi connectivity index (χ2v) is 4.79. The standard InChI is InChI=1S/C13H15F3O3/c1-12(6-3-7-18-12)11(17)9-4-2-5-10(8-9)19-13(14,15)16/h2,4-5,8,11,17H,3,6-7H2,1H3. The fraction of sp³-hybridized carbons (Fsp3) is 0.538. The van der Waals surface area contributed by atoms with E-state index in [2.05, 4.69) is 4.74 Å². The summed E-state index contributed by atoms with van der Waals surface area (Å²) in [5, 5.41) is 10.2. The maximum Gasteiger partial charge on any atom is 0.573 e. The van der Waals surface area contributed by atoms with Crippen molar-refractivity contribution < 1.29 is 27.8 Å². The third-order valence-electron chi connectivity index (χ3n) is 3.24. The van der Waals surface area contributed by atoms with E-state index in [-0.39, 0.29) is 5.75 Å². The summed E-state index contributed by atoms with van der Waals surface area (Å²) in [5.74, 6) is -0.342. The van der Waals surface area contributed by atoms with Crippen molar-refractivity contribution in [2.45, 2.75) is 37.8 Å². The molecule has 106 valence electrons. The molecule has 1 saturated heterocycles. The Morgan fingerprint density at radius 3 is 2.74 bits per heavy atom. The summed E-state index contributed by atoms with van der Waals surface area (Å²) in [5.41, 5.74) is -0.400. The highest BCUT2D eigenvalue weighted by Gasteiger charge is 2.38. The first-order valence-corrected chi connectivity index (χ1v) is 5.98. The average molecular weight is 276 g/mol. The van der Waals surface area contributed by atoms with Gasteiger partial charge in [0.25, 0.3) is 0 Å². The van der Waals surface area contributed by atoms with Crippen molar-refractivity contribution in [1.29, 1.82) is 0 Å². The second-order valence-electron chi connectivity index (χ2n) is 4.79. The Balaban J connectivity index is 2.18. The van der Waals surface area contributed by atoms with Gasteiger partial charge < -0.3 is 14.6 Å². The molecule has 1 heterocycles. The lowest BCUT2D eigenvalue weighted by molar-refractivity contribution is -0.274. The predicted octanol–water partition coefficient (Wildman–Crippen LogP) is 3.19. The quantitative estimate of drug-likeness (QED) is 0.921. The number of aliphatic hydroxyl groups is 1. The lowest BCUT2D eigenvalue weighted by Crippen LogP contribution is -2.32. The van der Waals surface area contributed by atoms with Gasteiger partial charge in [0.05, 0.1) is 5.60 Å². The van der Waals surface area contributed by atoms with E-state index in [1.54, 1.807) is 13.0 Å². The van der Waals surface area contributed by atoms with Crippen LogP contribution in [-0.4, -0.2) is 23.7 Å². The second kappa shape index (κ2) is 5.02. The van der Waals surface area contributed by atoms with Crippen molar-refractivity contribution in [2.24, 2.45) is 0 Å². The minimum absolute atomic E-state index is 0.342. The highest BCUT2D eigenvalue weighted by molar-refractivity contribution is 5.31. The number of ether oxygens (including phenoxy) is 2. The van der Waals surface area contributed by atoms with Crippen LogP contribution in [0, 0.1) is 0 Å². The Bertz CT molecular complexity index is 439. The van der Waals surface area contributed by atoms with Crippen LogP contribution in [0.25, 0.3) is 0 Å². The summed E-state index contributed by atoms with van der Waals surface area (Å²) in [6.07, 6.45) is -4.23. The molecule has 1 aliphatic heterocycles. The summed E-state index contributed by atoms with van der Waals surface area (Å²) in [6, 6.07) is 5.35. The molecule has 0 aromatic heterocycles. The van der Waals surface area contributed by atoms with Crippen LogP contribution >= 0.6 is 0 Å². The summed E-state index contributed by atoms with van der Waals surface area (Å²) < 4.78 is 45.7. The van der Waals surface area contributed by atoms with E-state index in [9.17, 15) is 18.3 Å². The zero-order valence-corrected chi connectivity index (χ0v) is 10.4. The van der Waals surface area contributed by atoms with Gasteiger partial charge in [0, 0.05) is 6.61 Å². The molecule has 1 aromatic rings. The number of alkyl halides is 3. The zero-order valence-electron chi connectivity index (χ0n) is 10.4. The van der Waals surface area contributed by atoms with E-state index < -0.39 is 18.1 Å². The van der Waals surface area contributed by atoms with E-state index in [0.717, 1.165) is 6.42 Å². The Labute approximate surface area is 108 Å². The van der Waals surface area contributed by atoms with Gasteiger partial charge in [-0.15, -0.1) is 13.2 Å². The maximum atomic E-state index is 12.1. The average Bonchev–Trinajstić information content (AvgIpc) is 2.74. The zero-order chi connectivity index (χ0) is 14.1. The van der Waals surface area contributed by atoms with Gasteiger partial charge in [0.2, 0.25) is 0 Å². The largest absolute Gasteiger partial charge is 0.573 e. The van der Waals surface area contributed by atoms with Crippen molar-refractivity contribution in [2.75, 3.05) is 6.61 Å². The van der Waals surface area contributed by atoms with Gasteiger partial charge in [-0.25, -0.2) is 0 Å². The van der Waals surface area contributed by atoms with Crippen molar-refractivity contribution in [1.82, 2.24) is 0 Å². The summed E-state index contributed by atoms with van der Waals surface area (Å²) in [4.78, 5) is 0. The summed E-state index contributed by atoms with van der Waals surface area (Å²) in [7, 11) is 0. The fourth-order valence-corrected chi connectivity index (χ4v) is 2.25. The SMILES string of the molecule is CC1(C(O)c2cccc(OC(F)(F)F)c2)CCCO1. The van der Waals surface area contributed by atoms with Gasteiger partial charge in [0.1, 0.15) is 11.9 Å². The van der Waals surface area contributed by atoms with E-state index in [1.165, 1.54) is 18.2 Å². The van der Waals surface area contributed by atoms with Crippen LogP contribution in [0.15, 0.2) is 24.3 Å². The molecule has 0 amide bonds. The van der Waals surface area contributed by atoms with E-state index in [0.29, 0.717) is 18.6 Å². The number of hydrogen-bond donors (Lipinski definition) is 1. The first-order valence-electron chi connectivity index (χ1n) is 5.98. The molecule has 0 radical (unpaired) electrons. The third kappa shape index (κ3) is 3.39. The Hall–Kier alpha value is -1.27. The van der Waals surface area contributed by atoms with Gasteiger partial charge in [-0.05, 0) is 37.5 Å². The maximum absolute atomic E-state index is 12.1. The number of aliphatic hydroxyl groups excluding tert-OH is 1. The normalized spacial score (nSPS) is 25.3. The van der Waals surface area contributed by atoms with Crippen LogP contribution in [0.2, 0.25) is 0 Å². The third-order valence-corrected chi connectivity index (χ3v) is 3.24. The van der Waals surface area contributed by atoms with Gasteiger partial charge in [-0.3, -0.25) is 0 Å². The molecule has 3 nitrogen and oxygen atoms in total. The molecular formula is C13H15F3O3. The number of rotatable bonds is 3. The van der Waals surface area contributed by atoms with E-state index >= 15 is 0 Å². The Kier molecular flexibility index (Phi) is 3.73. The first kappa shape index (κ1) is 14.1. The Morgan fingerprint density at radius 1 is 1.42 bits per heavy atom. The van der Waals surface area contributed by atoms with Gasteiger partial charge in [0.15, 0.2) is 0 Å². The molecule has 0 saturated carbocycles. The van der Waals surface area contributed by atoms with E-state index in [1.807, 2.05) is 0 Å². The van der Waals surface area contributed by atoms with Gasteiger partial charge >= 0.3 is 6.36 Å². The van der Waals surface area contributed by atoms with E-state index in [4.69, 9.17) is 4.74 Å². The minimum atomic E-state index is -4.74. The number of halogens is 3. The molecule has 0 bridgehead atoms. The highest BCUT2D eigenvalue weighted by atomic mass is 19.4. The lowest BCUT2D eigenvalue weighted by Gasteiger charge is -2.29. The molecule has 1 aliphatic rings. The molecule has 1 N–H and O–H groups in total. The van der Waals surface area contributed by atoms with Crippen molar-refractivity contribution in [3.05, 3.63) is 29.8 Å². The predicted molar refractivity (Wildman–Crippen MR) is 61.7 cm³/mol. The van der Waals surface area contributed by atoms with Gasteiger partial charge in [-0.2, -0.15) is 0 Å². The van der Waals surface area contributed by atoms with Crippen LogP contribution in [0.5, 0.6) is 5.75 Å². The smallest absolute Gasteiger partial charge is 0.406 e. The van der Waals surface area contributed by atoms with Crippen molar-refractivity contribution in [3.8, 4) is 5.75 Å². The highest BCUT2D eigenvalue weighted by Crippen LogP contribution is 2.38.